The zero-order valence-electron chi connectivity index (χ0n) is 10.9. The van der Waals surface area contributed by atoms with Crippen LogP contribution in [0.4, 0.5) is 0 Å². The first-order chi connectivity index (χ1) is 8.59. The summed E-state index contributed by atoms with van der Waals surface area (Å²) >= 11 is 7.77. The van der Waals surface area contributed by atoms with Crippen LogP contribution in [0.5, 0.6) is 0 Å². The lowest BCUT2D eigenvalue weighted by Crippen LogP contribution is -2.25. The van der Waals surface area contributed by atoms with Crippen molar-refractivity contribution >= 4 is 22.9 Å². The molecular weight excluding hydrogens is 266 g/mol. The quantitative estimate of drug-likeness (QED) is 0.908. The maximum absolute atomic E-state index is 5.98. The smallest absolute Gasteiger partial charge is 0.128 e. The fourth-order valence-electron chi connectivity index (χ4n) is 1.92. The average molecular weight is 284 g/mol. The van der Waals surface area contributed by atoms with Crippen LogP contribution >= 0.6 is 22.9 Å². The Balaban J connectivity index is 2.05. The van der Waals surface area contributed by atoms with E-state index in [1.807, 2.05) is 11.6 Å². The molecule has 1 N–H and O–H groups in total. The van der Waals surface area contributed by atoms with Crippen molar-refractivity contribution in [2.75, 3.05) is 0 Å². The largest absolute Gasteiger partial charge is 0.321 e. The number of aromatic nitrogens is 2. The van der Waals surface area contributed by atoms with Crippen LogP contribution in [0, 0.1) is 5.92 Å². The monoisotopic (exact) mass is 283 g/mol. The van der Waals surface area contributed by atoms with Crippen LogP contribution in [0.2, 0.25) is 5.15 Å². The van der Waals surface area contributed by atoms with Crippen molar-refractivity contribution in [1.29, 1.82) is 0 Å². The zero-order chi connectivity index (χ0) is 13.1. The van der Waals surface area contributed by atoms with Gasteiger partial charge in [-0.1, -0.05) is 31.5 Å². The molecule has 98 valence electrons. The van der Waals surface area contributed by atoms with Crippen molar-refractivity contribution in [3.63, 3.8) is 0 Å². The number of imidazole rings is 1. The highest BCUT2D eigenvalue weighted by Gasteiger charge is 2.17. The van der Waals surface area contributed by atoms with Gasteiger partial charge >= 0.3 is 0 Å². The lowest BCUT2D eigenvalue weighted by molar-refractivity contribution is 0.409. The SMILES string of the molecule is CC(C)C(NCc1ncc(Cl)n1C)c1cccs1. The lowest BCUT2D eigenvalue weighted by Gasteiger charge is -2.21. The fourth-order valence-corrected chi connectivity index (χ4v) is 3.04. The summed E-state index contributed by atoms with van der Waals surface area (Å²) in [4.78, 5) is 5.67. The lowest BCUT2D eigenvalue weighted by atomic mass is 10.0. The Bertz CT molecular complexity index is 490. The molecule has 0 spiro atoms. The minimum Gasteiger partial charge on any atom is -0.321 e. The number of thiophene rings is 1. The van der Waals surface area contributed by atoms with Crippen molar-refractivity contribution in [2.45, 2.75) is 26.4 Å². The third kappa shape index (κ3) is 2.94. The fraction of sp³-hybridized carbons (Fsp3) is 0.462. The molecule has 0 saturated heterocycles. The van der Waals surface area contributed by atoms with Gasteiger partial charge in [-0.3, -0.25) is 0 Å². The van der Waals surface area contributed by atoms with E-state index >= 15 is 0 Å². The van der Waals surface area contributed by atoms with Crippen molar-refractivity contribution in [3.8, 4) is 0 Å². The van der Waals surface area contributed by atoms with Crippen LogP contribution in [-0.4, -0.2) is 9.55 Å². The van der Waals surface area contributed by atoms with Crippen molar-refractivity contribution in [2.24, 2.45) is 13.0 Å². The maximum atomic E-state index is 5.98. The summed E-state index contributed by atoms with van der Waals surface area (Å²) in [6.45, 7) is 5.18. The summed E-state index contributed by atoms with van der Waals surface area (Å²) in [5.41, 5.74) is 0. The van der Waals surface area contributed by atoms with Crippen LogP contribution in [-0.2, 0) is 13.6 Å². The molecule has 5 heteroatoms. The van der Waals surface area contributed by atoms with Gasteiger partial charge in [0.25, 0.3) is 0 Å². The highest BCUT2D eigenvalue weighted by molar-refractivity contribution is 7.10. The van der Waals surface area contributed by atoms with E-state index in [1.165, 1.54) is 4.88 Å². The summed E-state index contributed by atoms with van der Waals surface area (Å²) in [5.74, 6) is 1.50. The first kappa shape index (κ1) is 13.6. The molecule has 0 aliphatic rings. The molecule has 0 aliphatic carbocycles. The number of hydrogen-bond donors (Lipinski definition) is 1. The summed E-state index contributed by atoms with van der Waals surface area (Å²) in [5, 5.41) is 6.35. The first-order valence-electron chi connectivity index (χ1n) is 6.02. The topological polar surface area (TPSA) is 29.9 Å². The van der Waals surface area contributed by atoms with Crippen LogP contribution in [0.1, 0.15) is 30.6 Å². The molecule has 0 aromatic carbocycles. The standard InChI is InChI=1S/C13H18ClN3S/c1-9(2)13(10-5-4-6-18-10)16-8-12-15-7-11(14)17(12)3/h4-7,9,13,16H,8H2,1-3H3. The molecule has 1 atom stereocenters. The normalized spacial score (nSPS) is 13.2. The van der Waals surface area contributed by atoms with Gasteiger partial charge in [-0.05, 0) is 17.4 Å². The molecule has 2 rings (SSSR count). The molecule has 2 aromatic rings. The van der Waals surface area contributed by atoms with Gasteiger partial charge in [0.1, 0.15) is 11.0 Å². The molecule has 0 aliphatic heterocycles. The second-order valence-corrected chi connectivity index (χ2v) is 6.04. The number of nitrogens with one attached hydrogen (secondary N) is 1. The van der Waals surface area contributed by atoms with Crippen LogP contribution < -0.4 is 5.32 Å². The molecule has 0 saturated carbocycles. The van der Waals surface area contributed by atoms with Gasteiger partial charge in [-0.25, -0.2) is 4.98 Å². The van der Waals surface area contributed by atoms with Crippen LogP contribution in [0.15, 0.2) is 23.7 Å². The van der Waals surface area contributed by atoms with Gasteiger partial charge in [-0.15, -0.1) is 11.3 Å². The Morgan fingerprint density at radius 2 is 2.28 bits per heavy atom. The van der Waals surface area contributed by atoms with Gasteiger partial charge in [0, 0.05) is 18.0 Å². The first-order valence-corrected chi connectivity index (χ1v) is 7.28. The molecular formula is C13H18ClN3S. The maximum Gasteiger partial charge on any atom is 0.128 e. The number of rotatable bonds is 5. The van der Waals surface area contributed by atoms with E-state index in [0.717, 1.165) is 12.4 Å². The number of halogens is 1. The zero-order valence-corrected chi connectivity index (χ0v) is 12.4. The van der Waals surface area contributed by atoms with Gasteiger partial charge < -0.3 is 9.88 Å². The summed E-state index contributed by atoms with van der Waals surface area (Å²) in [6.07, 6.45) is 1.69. The van der Waals surface area contributed by atoms with E-state index in [0.29, 0.717) is 17.1 Å². The van der Waals surface area contributed by atoms with E-state index < -0.39 is 0 Å². The molecule has 3 nitrogen and oxygen atoms in total. The molecule has 1 unspecified atom stereocenters. The molecule has 0 amide bonds. The molecule has 2 heterocycles. The Morgan fingerprint density at radius 1 is 1.50 bits per heavy atom. The average Bonchev–Trinajstić information content (AvgIpc) is 2.94. The Kier molecular flexibility index (Phi) is 4.43. The van der Waals surface area contributed by atoms with Gasteiger partial charge in [-0.2, -0.15) is 0 Å². The summed E-state index contributed by atoms with van der Waals surface area (Å²) < 4.78 is 1.90. The predicted octanol–water partition coefficient (Wildman–Crippen LogP) is 3.62. The third-order valence-corrected chi connectivity index (χ3v) is 4.33. The van der Waals surface area contributed by atoms with E-state index in [-0.39, 0.29) is 0 Å². The molecule has 0 fully saturated rings. The highest BCUT2D eigenvalue weighted by Crippen LogP contribution is 2.26. The Hall–Kier alpha value is -0.840. The minimum absolute atomic E-state index is 0.362. The second-order valence-electron chi connectivity index (χ2n) is 4.67. The second kappa shape index (κ2) is 5.87. The highest BCUT2D eigenvalue weighted by atomic mass is 35.5. The molecule has 18 heavy (non-hydrogen) atoms. The van der Waals surface area contributed by atoms with E-state index in [9.17, 15) is 0 Å². The number of nitrogens with zero attached hydrogens (tertiary/aromatic N) is 2. The summed E-state index contributed by atoms with van der Waals surface area (Å²) in [7, 11) is 1.93. The van der Waals surface area contributed by atoms with E-state index in [4.69, 9.17) is 11.6 Å². The van der Waals surface area contributed by atoms with Crippen LogP contribution in [0.25, 0.3) is 0 Å². The Labute approximate surface area is 117 Å². The molecule has 2 aromatic heterocycles. The van der Waals surface area contributed by atoms with Gasteiger partial charge in [0.2, 0.25) is 0 Å². The molecule has 0 radical (unpaired) electrons. The van der Waals surface area contributed by atoms with Crippen LogP contribution in [0.3, 0.4) is 0 Å². The number of hydrogen-bond acceptors (Lipinski definition) is 3. The van der Waals surface area contributed by atoms with Crippen molar-refractivity contribution in [1.82, 2.24) is 14.9 Å². The predicted molar refractivity (Wildman–Crippen MR) is 77.0 cm³/mol. The Morgan fingerprint density at radius 3 is 2.78 bits per heavy atom. The molecule has 0 bridgehead atoms. The van der Waals surface area contributed by atoms with Gasteiger partial charge in [0.05, 0.1) is 12.7 Å². The summed E-state index contributed by atoms with van der Waals surface area (Å²) in [6, 6.07) is 4.63. The van der Waals surface area contributed by atoms with Gasteiger partial charge in [0.15, 0.2) is 0 Å². The minimum atomic E-state index is 0.362. The van der Waals surface area contributed by atoms with Crippen molar-refractivity contribution in [3.05, 3.63) is 39.6 Å². The van der Waals surface area contributed by atoms with E-state index in [1.54, 1.807) is 17.5 Å². The van der Waals surface area contributed by atoms with Crippen molar-refractivity contribution < 1.29 is 0 Å². The van der Waals surface area contributed by atoms with E-state index in [2.05, 4.69) is 41.7 Å². The third-order valence-electron chi connectivity index (χ3n) is 3.02.